The molecule has 4 nitrogen and oxygen atoms in total. The van der Waals surface area contributed by atoms with E-state index in [9.17, 15) is 0 Å². The standard InChI is InChI=1S/C4H6N2O2/c7-6-4-3-5-1-2-8-4/h3,7H,1-2H2/b6-4-/i1D2,6+1. The fourth-order valence-corrected chi connectivity index (χ4v) is 0.336. The van der Waals surface area contributed by atoms with Crippen molar-refractivity contribution in [3.63, 3.8) is 0 Å². The highest BCUT2D eigenvalue weighted by Crippen LogP contribution is 1.85. The number of hydrogen-bond acceptors (Lipinski definition) is 4. The highest BCUT2D eigenvalue weighted by molar-refractivity contribution is 6.26. The van der Waals surface area contributed by atoms with Gasteiger partial charge < -0.3 is 9.94 Å². The first kappa shape index (κ1) is 3.06. The normalized spacial score (nSPS) is 33.2. The van der Waals surface area contributed by atoms with Crippen LogP contribution < -0.4 is 0 Å². The Hall–Kier alpha value is -1.06. The van der Waals surface area contributed by atoms with E-state index in [0.29, 0.717) is 0 Å². The van der Waals surface area contributed by atoms with Gasteiger partial charge in [-0.15, -0.1) is 0 Å². The third-order valence-corrected chi connectivity index (χ3v) is 0.649. The van der Waals surface area contributed by atoms with Gasteiger partial charge in [-0.3, -0.25) is 4.99 Å². The highest BCUT2D eigenvalue weighted by atomic mass is 16.7. The van der Waals surface area contributed by atoms with Crippen LogP contribution in [0.2, 0.25) is 0 Å². The van der Waals surface area contributed by atoms with Crippen LogP contribution in [0.5, 0.6) is 0 Å². The fourth-order valence-electron chi connectivity index (χ4n) is 0.336. The third kappa shape index (κ3) is 0.959. The SMILES string of the molecule is [2H]C1([2H])CO/C(=[15N]\O)C=N1. The van der Waals surface area contributed by atoms with Crippen molar-refractivity contribution in [2.75, 3.05) is 13.1 Å². The Morgan fingerprint density at radius 1 is 2.12 bits per heavy atom. The quantitative estimate of drug-likeness (QED) is 0.273. The Labute approximate surface area is 49.3 Å². The summed E-state index contributed by atoms with van der Waals surface area (Å²) in [4.78, 5) is 3.41. The first-order valence-electron chi connectivity index (χ1n) is 3.04. The first-order chi connectivity index (χ1) is 4.64. The maximum absolute atomic E-state index is 8.11. The van der Waals surface area contributed by atoms with Gasteiger partial charge in [0.1, 0.15) is 6.61 Å². The topological polar surface area (TPSA) is 54.2 Å². The lowest BCUT2D eigenvalue weighted by Crippen LogP contribution is -2.14. The summed E-state index contributed by atoms with van der Waals surface area (Å²) in [7, 11) is 0. The number of hydrogen-bond donors (Lipinski definition) is 1. The molecule has 0 fully saturated rings. The average Bonchev–Trinajstić information content (AvgIpc) is 1.88. The van der Waals surface area contributed by atoms with Crippen LogP contribution in [0.3, 0.4) is 0 Å². The predicted octanol–water partition coefficient (Wildman–Crippen LogP) is -0.125. The molecule has 0 spiro atoms. The summed E-state index contributed by atoms with van der Waals surface area (Å²) in [5, 5.41) is 10.8. The van der Waals surface area contributed by atoms with Crippen LogP contribution in [0.15, 0.2) is 10.1 Å². The van der Waals surface area contributed by atoms with Gasteiger partial charge in [-0.2, -0.15) is 0 Å². The van der Waals surface area contributed by atoms with Crippen LogP contribution in [0.1, 0.15) is 2.74 Å². The zero-order chi connectivity index (χ0) is 7.61. The molecule has 0 unspecified atom stereocenters. The van der Waals surface area contributed by atoms with Crippen LogP contribution in [-0.2, 0) is 4.74 Å². The van der Waals surface area contributed by atoms with E-state index >= 15 is 0 Å². The highest BCUT2D eigenvalue weighted by Gasteiger charge is 1.99. The molecule has 1 aliphatic rings. The number of aliphatic imine (C=N–C) groups is 1. The molecule has 0 aromatic carbocycles. The Morgan fingerprint density at radius 2 is 3.00 bits per heavy atom. The van der Waals surface area contributed by atoms with Gasteiger partial charge in [0.15, 0.2) is 0 Å². The average molecular weight is 117 g/mol. The second-order valence-electron chi connectivity index (χ2n) is 1.14. The van der Waals surface area contributed by atoms with Gasteiger partial charge in [0.2, 0.25) is 0 Å². The molecule has 0 aromatic rings. The predicted molar refractivity (Wildman–Crippen MR) is 28.5 cm³/mol. The van der Waals surface area contributed by atoms with E-state index in [2.05, 4.69) is 14.9 Å². The first-order valence-corrected chi connectivity index (χ1v) is 2.04. The summed E-state index contributed by atoms with van der Waals surface area (Å²) in [6.45, 7) is -1.89. The summed E-state index contributed by atoms with van der Waals surface area (Å²) < 4.78 is 18.6. The zero-order valence-electron chi connectivity index (χ0n) is 6.03. The smallest absolute Gasteiger partial charge is 0.268 e. The minimum atomic E-state index is -1.69. The van der Waals surface area contributed by atoms with Crippen molar-refractivity contribution in [3.8, 4) is 0 Å². The molecule has 0 bridgehead atoms. The van der Waals surface area contributed by atoms with Gasteiger partial charge in [-0.1, -0.05) is 0 Å². The number of nitrogens with zero attached hydrogens (tertiary/aromatic N) is 2. The molecule has 44 valence electrons. The summed E-state index contributed by atoms with van der Waals surface area (Å²) in [6.07, 6.45) is 1.05. The maximum atomic E-state index is 8.11. The van der Waals surface area contributed by atoms with Gasteiger partial charge in [0.25, 0.3) is 5.90 Å². The van der Waals surface area contributed by atoms with Crippen molar-refractivity contribution in [1.29, 1.82) is 0 Å². The number of oxime groups is 1. The minimum Gasteiger partial charge on any atom is -0.473 e. The lowest BCUT2D eigenvalue weighted by Gasteiger charge is -2.04. The largest absolute Gasteiger partial charge is 0.473 e. The van der Waals surface area contributed by atoms with Crippen LogP contribution in [-0.4, -0.2) is 30.4 Å². The van der Waals surface area contributed by atoms with Gasteiger partial charge in [-0.05, 0) is 5.16 Å². The minimum absolute atomic E-state index is 0.0601. The van der Waals surface area contributed by atoms with Crippen molar-refractivity contribution in [2.24, 2.45) is 10.1 Å². The Kier molecular flexibility index (Phi) is 0.881. The van der Waals surface area contributed by atoms with Crippen LogP contribution >= 0.6 is 0 Å². The Bertz CT molecular complexity index is 190. The molecule has 0 aromatic heterocycles. The van der Waals surface area contributed by atoms with Crippen LogP contribution in [0.4, 0.5) is 0 Å². The maximum Gasteiger partial charge on any atom is 0.268 e. The van der Waals surface area contributed by atoms with Crippen molar-refractivity contribution >= 4 is 12.1 Å². The molecule has 1 aliphatic heterocycles. The zero-order valence-corrected chi connectivity index (χ0v) is 4.03. The summed E-state index contributed by atoms with van der Waals surface area (Å²) in [5.74, 6) is -0.0601. The summed E-state index contributed by atoms with van der Waals surface area (Å²) in [6, 6.07) is 0. The molecule has 8 heavy (non-hydrogen) atoms. The molecule has 0 saturated heterocycles. The molecule has 0 radical (unpaired) electrons. The second kappa shape index (κ2) is 2.30. The molecule has 0 aliphatic carbocycles. The second-order valence-corrected chi connectivity index (χ2v) is 1.14. The lowest BCUT2D eigenvalue weighted by molar-refractivity contribution is 0.262. The van der Waals surface area contributed by atoms with E-state index < -0.39 is 6.50 Å². The van der Waals surface area contributed by atoms with E-state index in [-0.39, 0.29) is 12.5 Å². The third-order valence-electron chi connectivity index (χ3n) is 0.649. The molecule has 1 rings (SSSR count). The van der Waals surface area contributed by atoms with Gasteiger partial charge in [-0.25, -0.2) is 0 Å². The van der Waals surface area contributed by atoms with Crippen molar-refractivity contribution in [3.05, 3.63) is 0 Å². The van der Waals surface area contributed by atoms with E-state index in [4.69, 9.17) is 7.95 Å². The number of ether oxygens (including phenoxy) is 1. The molecule has 1 N–H and O–H groups in total. The molecule has 1 heterocycles. The Balaban J connectivity index is 2.70. The molecular formula is C4H6N2O2. The molecular weight excluding hydrogens is 109 g/mol. The summed E-state index contributed by atoms with van der Waals surface area (Å²) >= 11 is 0. The van der Waals surface area contributed by atoms with E-state index in [1.54, 1.807) is 0 Å². The monoisotopic (exact) mass is 117 g/mol. The lowest BCUT2D eigenvalue weighted by atomic mass is 10.6. The van der Waals surface area contributed by atoms with Crippen molar-refractivity contribution in [1.82, 2.24) is 0 Å². The number of rotatable bonds is 0. The van der Waals surface area contributed by atoms with E-state index in [1.807, 2.05) is 0 Å². The van der Waals surface area contributed by atoms with Crippen molar-refractivity contribution in [2.45, 2.75) is 0 Å². The van der Waals surface area contributed by atoms with Crippen molar-refractivity contribution < 1.29 is 12.7 Å². The molecule has 4 heteroatoms. The van der Waals surface area contributed by atoms with Gasteiger partial charge in [0, 0.05) is 0 Å². The van der Waals surface area contributed by atoms with E-state index in [0.717, 1.165) is 6.21 Å². The van der Waals surface area contributed by atoms with Gasteiger partial charge >= 0.3 is 0 Å². The van der Waals surface area contributed by atoms with E-state index in [1.165, 1.54) is 0 Å². The van der Waals surface area contributed by atoms with Crippen LogP contribution in [0.25, 0.3) is 0 Å². The molecule has 0 amide bonds. The summed E-state index contributed by atoms with van der Waals surface area (Å²) in [5.41, 5.74) is 0. The van der Waals surface area contributed by atoms with Gasteiger partial charge in [0.05, 0.1) is 15.5 Å². The molecule has 0 saturated carbocycles. The fraction of sp³-hybridized carbons (Fsp3) is 0.500. The Morgan fingerprint density at radius 3 is 3.50 bits per heavy atom. The van der Waals surface area contributed by atoms with Crippen LogP contribution in [0, 0.1) is 0 Å². The molecule has 0 atom stereocenters.